The number of carbonyl (C=O) groups excluding carboxylic acids is 2. The Morgan fingerprint density at radius 2 is 1.70 bits per heavy atom. The van der Waals surface area contributed by atoms with Gasteiger partial charge in [-0.2, -0.15) is 5.10 Å². The average molecular weight is 459 g/mol. The molecule has 0 atom stereocenters. The van der Waals surface area contributed by atoms with Gasteiger partial charge in [-0.25, -0.2) is 9.48 Å². The maximum absolute atomic E-state index is 12.2. The van der Waals surface area contributed by atoms with Gasteiger partial charge >= 0.3 is 6.03 Å². The molecule has 7 heteroatoms. The first-order valence-corrected chi connectivity index (χ1v) is 11.7. The average Bonchev–Trinajstić information content (AvgIpc) is 3.21. The molecule has 1 aromatic heterocycles. The molecule has 184 valence electrons. The predicted molar refractivity (Wildman–Crippen MR) is 135 cm³/mol. The third kappa shape index (κ3) is 7.07. The Morgan fingerprint density at radius 1 is 1.09 bits per heavy atom. The summed E-state index contributed by atoms with van der Waals surface area (Å²) in [5.41, 5.74) is 6.42. The van der Waals surface area contributed by atoms with Crippen molar-refractivity contribution < 1.29 is 14.3 Å². The summed E-state index contributed by atoms with van der Waals surface area (Å²) in [5, 5.41) is 4.74. The fourth-order valence-corrected chi connectivity index (χ4v) is 3.80. The second-order valence-corrected chi connectivity index (χ2v) is 9.30. The molecule has 2 amide bonds. The van der Waals surface area contributed by atoms with Crippen LogP contribution in [0.2, 0.25) is 0 Å². The van der Waals surface area contributed by atoms with E-state index in [2.05, 4.69) is 51.5 Å². The molecule has 1 aromatic carbocycles. The Morgan fingerprint density at radius 3 is 2.06 bits per heavy atom. The molecule has 0 radical (unpaired) electrons. The first-order valence-electron chi connectivity index (χ1n) is 11.7. The van der Waals surface area contributed by atoms with Crippen molar-refractivity contribution in [2.45, 2.75) is 80.8 Å². The molecule has 0 unspecified atom stereocenters. The van der Waals surface area contributed by atoms with E-state index in [9.17, 15) is 9.59 Å². The van der Waals surface area contributed by atoms with Crippen LogP contribution in [0.25, 0.3) is 5.69 Å². The fraction of sp³-hybridized carbons (Fsp3) is 0.577. The van der Waals surface area contributed by atoms with Crippen LogP contribution < -0.4 is 4.90 Å². The number of urea groups is 1. The molecule has 2 heterocycles. The lowest BCUT2D eigenvalue weighted by molar-refractivity contribution is -0.138. The van der Waals surface area contributed by atoms with Crippen LogP contribution in [-0.4, -0.2) is 52.9 Å². The summed E-state index contributed by atoms with van der Waals surface area (Å²) in [6.07, 6.45) is 0. The largest absolute Gasteiger partial charge is 0.462 e. The highest BCUT2D eigenvalue weighted by molar-refractivity contribution is 5.94. The highest BCUT2D eigenvalue weighted by Crippen LogP contribution is 2.29. The number of anilines is 1. The molecule has 33 heavy (non-hydrogen) atoms. The number of nitrogens with zero attached hydrogens (tertiary/aromatic N) is 4. The van der Waals surface area contributed by atoms with Crippen LogP contribution in [0.4, 0.5) is 10.5 Å². The van der Waals surface area contributed by atoms with Gasteiger partial charge in [-0.3, -0.25) is 9.69 Å². The third-order valence-electron chi connectivity index (χ3n) is 5.26. The summed E-state index contributed by atoms with van der Waals surface area (Å²) < 4.78 is 6.58. The number of ether oxygens (including phenoxy) is 1. The van der Waals surface area contributed by atoms with E-state index < -0.39 is 0 Å². The Kier molecular flexibility index (Phi) is 10.1. The second-order valence-electron chi connectivity index (χ2n) is 9.30. The standard InChI is InChI=1S/C19H26N4O.C5H10O2.C2H6/c1-12(2)18-14(4)20-23(15(18)5)17-8-7-16(11-13(17)3)22-10-9-21(6)19(22)24;1-5(2,3)7-4-6;1-2/h7-8,11-12H,9-10H2,1-6H3;4H,1-3H3;1-2H3. The molecule has 0 aliphatic carbocycles. The number of carbonyl (C=O) groups is 2. The van der Waals surface area contributed by atoms with Gasteiger partial charge in [0.15, 0.2) is 0 Å². The molecule has 0 bridgehead atoms. The van der Waals surface area contributed by atoms with E-state index in [1.807, 2.05) is 57.3 Å². The number of amides is 2. The minimum atomic E-state index is -0.318. The van der Waals surface area contributed by atoms with E-state index >= 15 is 0 Å². The lowest BCUT2D eigenvalue weighted by Gasteiger charge is -2.18. The van der Waals surface area contributed by atoms with Gasteiger partial charge in [0.2, 0.25) is 0 Å². The van der Waals surface area contributed by atoms with Crippen molar-refractivity contribution in [3.05, 3.63) is 40.7 Å². The third-order valence-corrected chi connectivity index (χ3v) is 5.26. The fourth-order valence-electron chi connectivity index (χ4n) is 3.80. The second kappa shape index (κ2) is 11.9. The topological polar surface area (TPSA) is 67.7 Å². The summed E-state index contributed by atoms with van der Waals surface area (Å²) in [5.74, 6) is 0.455. The van der Waals surface area contributed by atoms with Gasteiger partial charge < -0.3 is 9.64 Å². The minimum Gasteiger partial charge on any atom is -0.462 e. The van der Waals surface area contributed by atoms with Gasteiger partial charge in [-0.1, -0.05) is 27.7 Å². The van der Waals surface area contributed by atoms with Crippen LogP contribution >= 0.6 is 0 Å². The number of likely N-dealkylation sites (N-methyl/N-ethyl adjacent to an activating group) is 1. The summed E-state index contributed by atoms with van der Waals surface area (Å²) in [7, 11) is 1.84. The summed E-state index contributed by atoms with van der Waals surface area (Å²) in [6.45, 7) is 22.1. The molecule has 1 fully saturated rings. The van der Waals surface area contributed by atoms with E-state index in [4.69, 9.17) is 5.10 Å². The highest BCUT2D eigenvalue weighted by atomic mass is 16.5. The van der Waals surface area contributed by atoms with Crippen LogP contribution in [0.1, 0.15) is 76.9 Å². The molecule has 2 aromatic rings. The smallest absolute Gasteiger partial charge is 0.324 e. The summed E-state index contributed by atoms with van der Waals surface area (Å²) in [6, 6.07) is 6.23. The van der Waals surface area contributed by atoms with E-state index in [-0.39, 0.29) is 11.6 Å². The van der Waals surface area contributed by atoms with E-state index in [1.165, 1.54) is 11.3 Å². The summed E-state index contributed by atoms with van der Waals surface area (Å²) >= 11 is 0. The predicted octanol–water partition coefficient (Wildman–Crippen LogP) is 5.78. The van der Waals surface area contributed by atoms with Crippen molar-refractivity contribution in [3.63, 3.8) is 0 Å². The number of rotatable bonds is 4. The number of aromatic nitrogens is 2. The zero-order valence-corrected chi connectivity index (χ0v) is 22.3. The molecule has 1 aliphatic heterocycles. The lowest BCUT2D eigenvalue weighted by Crippen LogP contribution is -2.29. The van der Waals surface area contributed by atoms with Crippen molar-refractivity contribution in [2.75, 3.05) is 25.0 Å². The summed E-state index contributed by atoms with van der Waals surface area (Å²) in [4.78, 5) is 25.4. The molecule has 0 saturated carbocycles. The van der Waals surface area contributed by atoms with Crippen molar-refractivity contribution in [2.24, 2.45) is 0 Å². The van der Waals surface area contributed by atoms with Gasteiger partial charge in [0.1, 0.15) is 5.60 Å². The van der Waals surface area contributed by atoms with Gasteiger partial charge in [-0.15, -0.1) is 0 Å². The monoisotopic (exact) mass is 458 g/mol. The maximum Gasteiger partial charge on any atom is 0.324 e. The maximum atomic E-state index is 12.2. The SMILES string of the molecule is CC.CC(C)(C)OC=O.Cc1cc(N2CCN(C)C2=O)ccc1-n1nc(C)c(C(C)C)c1C. The van der Waals surface area contributed by atoms with Gasteiger partial charge in [0, 0.05) is 31.5 Å². The Balaban J connectivity index is 0.000000520. The zero-order valence-electron chi connectivity index (χ0n) is 22.3. The minimum absolute atomic E-state index is 0.0651. The number of hydrogen-bond donors (Lipinski definition) is 0. The zero-order chi connectivity index (χ0) is 25.5. The molecule has 1 saturated heterocycles. The Bertz CT molecular complexity index is 942. The van der Waals surface area contributed by atoms with E-state index in [0.717, 1.165) is 35.7 Å². The highest BCUT2D eigenvalue weighted by Gasteiger charge is 2.27. The van der Waals surface area contributed by atoms with E-state index in [0.29, 0.717) is 12.4 Å². The number of aryl methyl sites for hydroxylation is 2. The lowest BCUT2D eigenvalue weighted by atomic mass is 10.0. The van der Waals surface area contributed by atoms with Gasteiger partial charge in [0.25, 0.3) is 6.47 Å². The van der Waals surface area contributed by atoms with Crippen LogP contribution in [0.3, 0.4) is 0 Å². The Hall–Kier alpha value is -2.83. The molecule has 3 rings (SSSR count). The number of benzene rings is 1. The van der Waals surface area contributed by atoms with E-state index in [1.54, 1.807) is 4.90 Å². The van der Waals surface area contributed by atoms with Crippen LogP contribution in [0, 0.1) is 20.8 Å². The molecular weight excluding hydrogens is 416 g/mol. The van der Waals surface area contributed by atoms with Crippen LogP contribution in [0.5, 0.6) is 0 Å². The van der Waals surface area contributed by atoms with Crippen LogP contribution in [-0.2, 0) is 9.53 Å². The quantitative estimate of drug-likeness (QED) is 0.545. The van der Waals surface area contributed by atoms with Crippen LogP contribution in [0.15, 0.2) is 18.2 Å². The van der Waals surface area contributed by atoms with Crippen molar-refractivity contribution in [1.29, 1.82) is 0 Å². The van der Waals surface area contributed by atoms with Gasteiger partial charge in [-0.05, 0) is 76.8 Å². The Labute approximate surface area is 199 Å². The molecule has 0 spiro atoms. The van der Waals surface area contributed by atoms with Gasteiger partial charge in [0.05, 0.1) is 11.4 Å². The molecule has 1 aliphatic rings. The van der Waals surface area contributed by atoms with Crippen molar-refractivity contribution >= 4 is 18.2 Å². The molecule has 0 N–H and O–H groups in total. The first-order chi connectivity index (χ1) is 15.4. The number of hydrogen-bond acceptors (Lipinski definition) is 4. The first kappa shape index (κ1) is 28.2. The van der Waals surface area contributed by atoms with Crippen molar-refractivity contribution in [3.8, 4) is 5.69 Å². The molecular formula is C26H42N4O3. The molecule has 7 nitrogen and oxygen atoms in total. The normalized spacial score (nSPS) is 13.4. The van der Waals surface area contributed by atoms with Crippen molar-refractivity contribution in [1.82, 2.24) is 14.7 Å².